The van der Waals surface area contributed by atoms with Crippen molar-refractivity contribution in [3.63, 3.8) is 0 Å². The van der Waals surface area contributed by atoms with Gasteiger partial charge < -0.3 is 10.2 Å². The molecule has 5 rings (SSSR count). The van der Waals surface area contributed by atoms with Crippen molar-refractivity contribution in [2.45, 2.75) is 32.9 Å². The lowest BCUT2D eigenvalue weighted by Gasteiger charge is -2.37. The molecule has 1 N–H and O–H groups in total. The number of rotatable bonds is 2. The van der Waals surface area contributed by atoms with Gasteiger partial charge in [-0.3, -0.25) is 9.20 Å². The number of nitrogens with one attached hydrogen (secondary N) is 1. The third-order valence-electron chi connectivity index (χ3n) is 5.27. The van der Waals surface area contributed by atoms with E-state index in [9.17, 15) is 4.79 Å². The van der Waals surface area contributed by atoms with Crippen molar-refractivity contribution < 1.29 is 0 Å². The van der Waals surface area contributed by atoms with Gasteiger partial charge in [-0.1, -0.05) is 0 Å². The Morgan fingerprint density at radius 2 is 1.72 bits per heavy atom. The summed E-state index contributed by atoms with van der Waals surface area (Å²) < 4.78 is 3.32. The summed E-state index contributed by atoms with van der Waals surface area (Å²) in [5.41, 5.74) is 4.38. The molecule has 8 nitrogen and oxygen atoms in total. The summed E-state index contributed by atoms with van der Waals surface area (Å²) in [7, 11) is 0. The van der Waals surface area contributed by atoms with Gasteiger partial charge >= 0.3 is 0 Å². The lowest BCUT2D eigenvalue weighted by Crippen LogP contribution is -2.54. The first-order valence-corrected chi connectivity index (χ1v) is 9.84. The molecule has 0 aromatic carbocycles. The number of aromatic nitrogens is 5. The van der Waals surface area contributed by atoms with Crippen LogP contribution in [-0.2, 0) is 0 Å². The van der Waals surface area contributed by atoms with E-state index in [1.54, 1.807) is 8.92 Å². The molecule has 0 aliphatic carbocycles. The lowest BCUT2D eigenvalue weighted by atomic mass is 10.1. The van der Waals surface area contributed by atoms with Crippen LogP contribution in [0.1, 0.15) is 19.5 Å². The van der Waals surface area contributed by atoms with Gasteiger partial charge in [0.15, 0.2) is 5.65 Å². The number of fused-ring (bicyclic) bond motifs is 2. The number of imidazole rings is 1. The summed E-state index contributed by atoms with van der Waals surface area (Å²) in [6.07, 6.45) is 3.74. The topological polar surface area (TPSA) is 79.8 Å². The van der Waals surface area contributed by atoms with E-state index >= 15 is 0 Å². The SMILES string of the molecule is Cc1cn2nc(-c3cc(=O)n4cc(N5C[C@@H](C)N[C@@H](C)C5)ccc4n3)ccc2n1. The van der Waals surface area contributed by atoms with Gasteiger partial charge in [-0.2, -0.15) is 5.10 Å². The average molecular weight is 389 g/mol. The maximum atomic E-state index is 12.8. The molecular weight excluding hydrogens is 366 g/mol. The Hall–Kier alpha value is -3.26. The first kappa shape index (κ1) is 17.8. The predicted molar refractivity (Wildman–Crippen MR) is 112 cm³/mol. The molecule has 8 heteroatoms. The van der Waals surface area contributed by atoms with E-state index in [1.165, 1.54) is 6.07 Å². The van der Waals surface area contributed by atoms with Crippen LogP contribution in [0.4, 0.5) is 5.69 Å². The van der Waals surface area contributed by atoms with Crippen molar-refractivity contribution in [3.8, 4) is 11.4 Å². The van der Waals surface area contributed by atoms with Gasteiger partial charge in [0.25, 0.3) is 5.56 Å². The number of hydrogen-bond donors (Lipinski definition) is 1. The van der Waals surface area contributed by atoms with Crippen LogP contribution in [0.25, 0.3) is 22.7 Å². The summed E-state index contributed by atoms with van der Waals surface area (Å²) in [4.78, 5) is 24.2. The molecule has 1 fully saturated rings. The highest BCUT2D eigenvalue weighted by atomic mass is 16.1. The van der Waals surface area contributed by atoms with Crippen LogP contribution in [-0.4, -0.2) is 49.2 Å². The van der Waals surface area contributed by atoms with Crippen molar-refractivity contribution in [1.82, 2.24) is 29.3 Å². The van der Waals surface area contributed by atoms with Crippen molar-refractivity contribution in [1.29, 1.82) is 0 Å². The first-order valence-electron chi connectivity index (χ1n) is 9.84. The molecule has 0 radical (unpaired) electrons. The zero-order chi connectivity index (χ0) is 20.1. The van der Waals surface area contributed by atoms with Gasteiger partial charge in [0.2, 0.25) is 0 Å². The standard InChI is InChI=1S/C21H23N7O/c1-13-9-26(10-14(2)22-13)16-4-6-19-24-18(8-21(29)27(19)12-16)17-5-7-20-23-15(3)11-28(20)25-17/h4-8,11-14,22H,9-10H2,1-3H3/t13-,14+. The summed E-state index contributed by atoms with van der Waals surface area (Å²) in [6.45, 7) is 8.09. The van der Waals surface area contributed by atoms with Crippen molar-refractivity contribution in [2.75, 3.05) is 18.0 Å². The number of hydrogen-bond acceptors (Lipinski definition) is 6. The highest BCUT2D eigenvalue weighted by Gasteiger charge is 2.21. The van der Waals surface area contributed by atoms with Crippen LogP contribution in [0, 0.1) is 6.92 Å². The molecular formula is C21H23N7O. The quantitative estimate of drug-likeness (QED) is 0.564. The van der Waals surface area contributed by atoms with Crippen LogP contribution in [0.3, 0.4) is 0 Å². The summed E-state index contributed by atoms with van der Waals surface area (Å²) in [6, 6.07) is 10.0. The molecule has 0 bridgehead atoms. The smallest absolute Gasteiger partial charge is 0.258 e. The molecule has 5 heterocycles. The molecule has 0 amide bonds. The number of pyridine rings is 1. The lowest BCUT2D eigenvalue weighted by molar-refractivity contribution is 0.407. The Balaban J connectivity index is 1.55. The van der Waals surface area contributed by atoms with Crippen molar-refractivity contribution in [2.24, 2.45) is 0 Å². The fraction of sp³-hybridized carbons (Fsp3) is 0.333. The highest BCUT2D eigenvalue weighted by molar-refractivity contribution is 5.60. The second kappa shape index (κ2) is 6.66. The largest absolute Gasteiger partial charge is 0.367 e. The molecule has 0 saturated carbocycles. The number of nitrogens with zero attached hydrogens (tertiary/aromatic N) is 6. The first-order chi connectivity index (χ1) is 14.0. The van der Waals surface area contributed by atoms with Gasteiger partial charge in [0, 0.05) is 37.4 Å². The minimum absolute atomic E-state index is 0.119. The van der Waals surface area contributed by atoms with Crippen LogP contribution in [0.2, 0.25) is 0 Å². The summed E-state index contributed by atoms with van der Waals surface area (Å²) in [5, 5.41) is 8.08. The highest BCUT2D eigenvalue weighted by Crippen LogP contribution is 2.20. The molecule has 148 valence electrons. The van der Waals surface area contributed by atoms with Gasteiger partial charge in [0.05, 0.1) is 23.3 Å². The second-order valence-electron chi connectivity index (χ2n) is 7.87. The normalized spacial score (nSPS) is 19.9. The Morgan fingerprint density at radius 3 is 2.52 bits per heavy atom. The maximum absolute atomic E-state index is 12.8. The minimum atomic E-state index is -0.119. The van der Waals surface area contributed by atoms with Gasteiger partial charge in [0.1, 0.15) is 11.3 Å². The van der Waals surface area contributed by atoms with E-state index in [0.717, 1.165) is 30.1 Å². The van der Waals surface area contributed by atoms with Crippen LogP contribution in [0.15, 0.2) is 47.5 Å². The monoisotopic (exact) mass is 389 g/mol. The van der Waals surface area contributed by atoms with Gasteiger partial charge in [-0.25, -0.2) is 14.5 Å². The Labute approximate surface area is 167 Å². The third-order valence-corrected chi connectivity index (χ3v) is 5.27. The Morgan fingerprint density at radius 1 is 0.966 bits per heavy atom. The van der Waals surface area contributed by atoms with Crippen LogP contribution < -0.4 is 15.8 Å². The predicted octanol–water partition coefficient (Wildman–Crippen LogP) is 1.90. The zero-order valence-electron chi connectivity index (χ0n) is 16.7. The fourth-order valence-electron chi connectivity index (χ4n) is 4.08. The van der Waals surface area contributed by atoms with Gasteiger partial charge in [-0.05, 0) is 45.0 Å². The minimum Gasteiger partial charge on any atom is -0.367 e. The molecule has 0 spiro atoms. The molecule has 4 aromatic rings. The molecule has 1 aliphatic rings. The Kier molecular flexibility index (Phi) is 4.09. The van der Waals surface area contributed by atoms with E-state index in [0.29, 0.717) is 29.1 Å². The van der Waals surface area contributed by atoms with E-state index in [4.69, 9.17) is 0 Å². The number of piperazine rings is 1. The van der Waals surface area contributed by atoms with E-state index in [1.807, 2.05) is 43.6 Å². The van der Waals surface area contributed by atoms with Crippen LogP contribution in [0.5, 0.6) is 0 Å². The second-order valence-corrected chi connectivity index (χ2v) is 7.87. The van der Waals surface area contributed by atoms with Crippen LogP contribution >= 0.6 is 0 Å². The van der Waals surface area contributed by atoms with E-state index < -0.39 is 0 Å². The zero-order valence-corrected chi connectivity index (χ0v) is 16.7. The third kappa shape index (κ3) is 3.25. The summed E-state index contributed by atoms with van der Waals surface area (Å²) >= 11 is 0. The van der Waals surface area contributed by atoms with E-state index in [-0.39, 0.29) is 5.56 Å². The molecule has 0 unspecified atom stereocenters. The molecule has 2 atom stereocenters. The number of anilines is 1. The van der Waals surface area contributed by atoms with Crippen molar-refractivity contribution in [3.05, 3.63) is 58.8 Å². The average Bonchev–Trinajstić information content (AvgIpc) is 3.06. The van der Waals surface area contributed by atoms with Gasteiger partial charge in [-0.15, -0.1) is 0 Å². The molecule has 4 aromatic heterocycles. The van der Waals surface area contributed by atoms with E-state index in [2.05, 4.69) is 39.1 Å². The molecule has 1 saturated heterocycles. The molecule has 29 heavy (non-hydrogen) atoms. The summed E-state index contributed by atoms with van der Waals surface area (Å²) in [5.74, 6) is 0. The molecule has 1 aliphatic heterocycles. The number of aryl methyl sites for hydroxylation is 1. The maximum Gasteiger partial charge on any atom is 0.258 e. The van der Waals surface area contributed by atoms with Crippen molar-refractivity contribution >= 4 is 17.0 Å². The fourth-order valence-corrected chi connectivity index (χ4v) is 4.08. The Bertz CT molecular complexity index is 1270.